The lowest BCUT2D eigenvalue weighted by Gasteiger charge is -2.15. The highest BCUT2D eigenvalue weighted by molar-refractivity contribution is 8.47. The van der Waals surface area contributed by atoms with Crippen LogP contribution in [0.25, 0.3) is 0 Å². The standard InChI is InChI=1S/C12H23O5PS3/c1-5-6-9-20-12(19)21-10(2)11(13)17-7-8-18(14,15-3)16-4/h10H,5-9H2,1-4H3. The molecule has 0 aromatic heterocycles. The van der Waals surface area contributed by atoms with Gasteiger partial charge in [-0.1, -0.05) is 37.3 Å². The van der Waals surface area contributed by atoms with Crippen molar-refractivity contribution < 1.29 is 23.1 Å². The van der Waals surface area contributed by atoms with Crippen LogP contribution in [0.4, 0.5) is 0 Å². The molecule has 0 radical (unpaired) electrons. The molecule has 1 unspecified atom stereocenters. The fraction of sp³-hybridized carbons (Fsp3) is 0.833. The largest absolute Gasteiger partial charge is 0.464 e. The molecule has 0 aliphatic carbocycles. The molecular formula is C12H23O5PS3. The van der Waals surface area contributed by atoms with Gasteiger partial charge in [0, 0.05) is 14.2 Å². The van der Waals surface area contributed by atoms with Crippen LogP contribution >= 0.6 is 43.3 Å². The van der Waals surface area contributed by atoms with E-state index in [2.05, 4.69) is 6.92 Å². The lowest BCUT2D eigenvalue weighted by atomic mass is 10.4. The summed E-state index contributed by atoms with van der Waals surface area (Å²) in [6.45, 7) is 3.86. The van der Waals surface area contributed by atoms with Gasteiger partial charge < -0.3 is 13.8 Å². The Morgan fingerprint density at radius 1 is 1.33 bits per heavy atom. The van der Waals surface area contributed by atoms with Crippen LogP contribution in [-0.4, -0.2) is 47.5 Å². The number of hydrogen-bond donors (Lipinski definition) is 0. The Morgan fingerprint density at radius 3 is 2.48 bits per heavy atom. The van der Waals surface area contributed by atoms with Crippen LogP contribution in [-0.2, 0) is 23.1 Å². The zero-order valence-corrected chi connectivity index (χ0v) is 16.2. The molecule has 0 fully saturated rings. The second-order valence-corrected chi connectivity index (χ2v) is 10.1. The minimum Gasteiger partial charge on any atom is -0.464 e. The summed E-state index contributed by atoms with van der Waals surface area (Å²) >= 11 is 8.11. The molecule has 0 aromatic rings. The Kier molecular flexibility index (Phi) is 12.1. The third-order valence-electron chi connectivity index (χ3n) is 2.49. The van der Waals surface area contributed by atoms with E-state index in [0.29, 0.717) is 0 Å². The number of thioether (sulfide) groups is 2. The van der Waals surface area contributed by atoms with Crippen LogP contribution in [0.15, 0.2) is 0 Å². The minimum atomic E-state index is -3.13. The van der Waals surface area contributed by atoms with Gasteiger partial charge in [-0.25, -0.2) is 0 Å². The Bertz CT molecular complexity index is 370. The molecule has 9 heteroatoms. The van der Waals surface area contributed by atoms with Crippen molar-refractivity contribution in [2.24, 2.45) is 0 Å². The summed E-state index contributed by atoms with van der Waals surface area (Å²) in [7, 11) is -0.523. The average molecular weight is 374 g/mol. The van der Waals surface area contributed by atoms with E-state index >= 15 is 0 Å². The first-order valence-corrected chi connectivity index (χ1v) is 10.6. The van der Waals surface area contributed by atoms with Crippen molar-refractivity contribution in [2.45, 2.75) is 31.9 Å². The van der Waals surface area contributed by atoms with E-state index in [-0.39, 0.29) is 24.0 Å². The van der Waals surface area contributed by atoms with E-state index in [4.69, 9.17) is 26.0 Å². The topological polar surface area (TPSA) is 61.8 Å². The summed E-state index contributed by atoms with van der Waals surface area (Å²) in [4.78, 5) is 11.8. The van der Waals surface area contributed by atoms with Gasteiger partial charge >= 0.3 is 13.6 Å². The van der Waals surface area contributed by atoms with Gasteiger partial charge in [-0.3, -0.25) is 9.36 Å². The zero-order chi connectivity index (χ0) is 16.3. The van der Waals surface area contributed by atoms with Crippen molar-refractivity contribution in [3.63, 3.8) is 0 Å². The molecule has 1 atom stereocenters. The van der Waals surface area contributed by atoms with Crippen molar-refractivity contribution in [3.8, 4) is 0 Å². The van der Waals surface area contributed by atoms with Crippen LogP contribution < -0.4 is 0 Å². The molecule has 0 bridgehead atoms. The van der Waals surface area contributed by atoms with E-state index in [9.17, 15) is 9.36 Å². The number of thiocarbonyl (C=S) groups is 1. The molecule has 0 heterocycles. The van der Waals surface area contributed by atoms with Gasteiger partial charge in [0.15, 0.2) is 0 Å². The lowest BCUT2D eigenvalue weighted by Crippen LogP contribution is -2.20. The maximum absolute atomic E-state index is 11.8. The highest BCUT2D eigenvalue weighted by atomic mass is 32.2. The van der Waals surface area contributed by atoms with Crippen molar-refractivity contribution in [3.05, 3.63) is 0 Å². The smallest absolute Gasteiger partial charge is 0.333 e. The maximum Gasteiger partial charge on any atom is 0.333 e. The summed E-state index contributed by atoms with van der Waals surface area (Å²) in [6, 6.07) is 0. The summed E-state index contributed by atoms with van der Waals surface area (Å²) < 4.78 is 27.1. The predicted octanol–water partition coefficient (Wildman–Crippen LogP) is 3.96. The molecule has 0 spiro atoms. The highest BCUT2D eigenvalue weighted by Gasteiger charge is 2.23. The van der Waals surface area contributed by atoms with Gasteiger partial charge in [0.05, 0.1) is 6.16 Å². The molecule has 0 saturated carbocycles. The Balaban J connectivity index is 4.00. The van der Waals surface area contributed by atoms with Crippen LogP contribution in [0.1, 0.15) is 26.7 Å². The number of ether oxygens (including phenoxy) is 1. The molecule has 124 valence electrons. The van der Waals surface area contributed by atoms with Crippen LogP contribution in [0.5, 0.6) is 0 Å². The van der Waals surface area contributed by atoms with Gasteiger partial charge in [-0.2, -0.15) is 0 Å². The highest BCUT2D eigenvalue weighted by Crippen LogP contribution is 2.45. The van der Waals surface area contributed by atoms with E-state index < -0.39 is 7.60 Å². The first-order valence-electron chi connectivity index (χ1n) is 6.59. The van der Waals surface area contributed by atoms with Gasteiger partial charge in [-0.15, -0.1) is 11.8 Å². The quantitative estimate of drug-likeness (QED) is 0.246. The first kappa shape index (κ1) is 21.4. The molecule has 5 nitrogen and oxygen atoms in total. The van der Waals surface area contributed by atoms with E-state index in [1.165, 1.54) is 26.0 Å². The van der Waals surface area contributed by atoms with E-state index in [0.717, 1.165) is 22.1 Å². The molecular weight excluding hydrogens is 351 g/mol. The van der Waals surface area contributed by atoms with E-state index in [1.807, 2.05) is 0 Å². The number of esters is 1. The van der Waals surface area contributed by atoms with Crippen LogP contribution in [0, 0.1) is 0 Å². The summed E-state index contributed by atoms with van der Waals surface area (Å²) in [5, 5.41) is -0.379. The van der Waals surface area contributed by atoms with Crippen molar-refractivity contribution >= 4 is 52.8 Å². The SMILES string of the molecule is CCCCSC(=S)SC(C)C(=O)OCCP(=O)(OC)OC. The van der Waals surface area contributed by atoms with E-state index in [1.54, 1.807) is 18.7 Å². The number of carbonyl (C=O) groups excluding carboxylic acids is 1. The number of hydrogen-bond acceptors (Lipinski definition) is 8. The van der Waals surface area contributed by atoms with Crippen LogP contribution in [0.3, 0.4) is 0 Å². The monoisotopic (exact) mass is 374 g/mol. The Morgan fingerprint density at radius 2 is 1.95 bits per heavy atom. The molecule has 21 heavy (non-hydrogen) atoms. The lowest BCUT2D eigenvalue weighted by molar-refractivity contribution is -0.142. The second kappa shape index (κ2) is 11.9. The second-order valence-electron chi connectivity index (χ2n) is 4.08. The zero-order valence-electron chi connectivity index (χ0n) is 12.8. The molecule has 0 saturated heterocycles. The third-order valence-corrected chi connectivity index (χ3v) is 7.08. The number of unbranched alkanes of at least 4 members (excludes halogenated alkanes) is 1. The Labute approximate surface area is 140 Å². The van der Waals surface area contributed by atoms with Gasteiger partial charge in [0.2, 0.25) is 0 Å². The molecule has 0 N–H and O–H groups in total. The summed E-state index contributed by atoms with van der Waals surface area (Å²) in [5.74, 6) is 0.590. The minimum absolute atomic E-state index is 0.00156. The number of carbonyl (C=O) groups is 1. The Hall–Kier alpha value is 0.410. The first-order chi connectivity index (χ1) is 9.88. The fourth-order valence-corrected chi connectivity index (χ4v) is 4.68. The van der Waals surface area contributed by atoms with Gasteiger partial charge in [0.25, 0.3) is 0 Å². The summed E-state index contributed by atoms with van der Waals surface area (Å²) in [6.07, 6.45) is 2.27. The third kappa shape index (κ3) is 9.92. The molecule has 0 aliphatic heterocycles. The average Bonchev–Trinajstić information content (AvgIpc) is 2.47. The normalized spacial score (nSPS) is 13.0. The molecule has 0 aliphatic rings. The number of rotatable bonds is 10. The van der Waals surface area contributed by atoms with Crippen LogP contribution in [0.2, 0.25) is 0 Å². The maximum atomic E-state index is 11.8. The van der Waals surface area contributed by atoms with Crippen molar-refractivity contribution in [1.29, 1.82) is 0 Å². The molecule has 0 aromatic carbocycles. The van der Waals surface area contributed by atoms with Gasteiger partial charge in [-0.05, 0) is 19.1 Å². The van der Waals surface area contributed by atoms with Gasteiger partial charge in [0.1, 0.15) is 15.4 Å². The predicted molar refractivity (Wildman–Crippen MR) is 94.5 cm³/mol. The molecule has 0 rings (SSSR count). The van der Waals surface area contributed by atoms with Crippen molar-refractivity contribution in [2.75, 3.05) is 32.7 Å². The molecule has 0 amide bonds. The summed E-state index contributed by atoms with van der Waals surface area (Å²) in [5.41, 5.74) is 0. The van der Waals surface area contributed by atoms with Crippen molar-refractivity contribution in [1.82, 2.24) is 0 Å². The fourth-order valence-electron chi connectivity index (χ4n) is 1.16.